The van der Waals surface area contributed by atoms with E-state index < -0.39 is 0 Å². The van der Waals surface area contributed by atoms with E-state index in [1.165, 1.54) is 0 Å². The Hall–Kier alpha value is -2.63. The van der Waals surface area contributed by atoms with E-state index in [9.17, 15) is 4.79 Å². The summed E-state index contributed by atoms with van der Waals surface area (Å²) in [7, 11) is 1.61. The molecule has 1 aliphatic rings. The van der Waals surface area contributed by atoms with E-state index in [-0.39, 0.29) is 5.91 Å². The molecule has 2 heterocycles. The molecular weight excluding hydrogens is 316 g/mol. The topological polar surface area (TPSA) is 58.6 Å². The first-order chi connectivity index (χ1) is 12.1. The minimum absolute atomic E-state index is 0.0910. The maximum absolute atomic E-state index is 12.8. The van der Waals surface area contributed by atoms with E-state index in [1.54, 1.807) is 7.11 Å². The minimum atomic E-state index is 0.0910. The Morgan fingerprint density at radius 2 is 1.92 bits per heavy atom. The molecule has 25 heavy (non-hydrogen) atoms. The fourth-order valence-electron chi connectivity index (χ4n) is 3.05. The second-order valence-corrected chi connectivity index (χ2v) is 6.35. The number of hydrogen-bond acceptors (Lipinski definition) is 5. The number of carbonyl (C=O) groups is 1. The van der Waals surface area contributed by atoms with Gasteiger partial charge in [-0.2, -0.15) is 4.98 Å². The van der Waals surface area contributed by atoms with Gasteiger partial charge < -0.3 is 14.5 Å². The molecule has 1 saturated heterocycles. The number of nitrogens with zero attached hydrogens (tertiary/aromatic N) is 4. The van der Waals surface area contributed by atoms with Crippen molar-refractivity contribution in [3.63, 3.8) is 0 Å². The molecule has 0 aliphatic carbocycles. The van der Waals surface area contributed by atoms with Crippen LogP contribution in [0, 0.1) is 13.8 Å². The fraction of sp³-hybridized carbons (Fsp3) is 0.421. The van der Waals surface area contributed by atoms with Crippen LogP contribution in [0.5, 0.6) is 5.88 Å². The van der Waals surface area contributed by atoms with Gasteiger partial charge in [0.05, 0.1) is 7.11 Å². The third-order valence-corrected chi connectivity index (χ3v) is 4.36. The van der Waals surface area contributed by atoms with Crippen molar-refractivity contribution in [1.29, 1.82) is 0 Å². The van der Waals surface area contributed by atoms with Crippen LogP contribution in [0.4, 0.5) is 5.95 Å². The van der Waals surface area contributed by atoms with Gasteiger partial charge in [-0.15, -0.1) is 0 Å². The monoisotopic (exact) mass is 340 g/mol. The van der Waals surface area contributed by atoms with E-state index >= 15 is 0 Å². The van der Waals surface area contributed by atoms with Crippen molar-refractivity contribution in [2.45, 2.75) is 20.3 Å². The van der Waals surface area contributed by atoms with Crippen LogP contribution >= 0.6 is 0 Å². The number of amides is 1. The molecule has 6 nitrogen and oxygen atoms in total. The molecule has 1 aliphatic heterocycles. The lowest BCUT2D eigenvalue weighted by Gasteiger charge is -2.22. The molecule has 1 amide bonds. The summed E-state index contributed by atoms with van der Waals surface area (Å²) < 4.78 is 5.24. The summed E-state index contributed by atoms with van der Waals surface area (Å²) in [5.41, 5.74) is 2.73. The molecule has 6 heteroatoms. The number of anilines is 1. The van der Waals surface area contributed by atoms with Gasteiger partial charge >= 0.3 is 0 Å². The Kier molecular flexibility index (Phi) is 5.16. The molecule has 132 valence electrons. The Balaban J connectivity index is 1.72. The second-order valence-electron chi connectivity index (χ2n) is 6.35. The molecule has 0 spiro atoms. The highest BCUT2D eigenvalue weighted by Gasteiger charge is 2.22. The van der Waals surface area contributed by atoms with Crippen LogP contribution in [-0.4, -0.2) is 54.1 Å². The number of ether oxygens (including phenoxy) is 1. The van der Waals surface area contributed by atoms with E-state index in [4.69, 9.17) is 4.74 Å². The van der Waals surface area contributed by atoms with Gasteiger partial charge in [0.25, 0.3) is 5.91 Å². The van der Waals surface area contributed by atoms with Crippen LogP contribution < -0.4 is 9.64 Å². The highest BCUT2D eigenvalue weighted by molar-refractivity contribution is 5.94. The molecule has 0 atom stereocenters. The molecular formula is C19H24N4O2. The predicted octanol–water partition coefficient (Wildman–Crippen LogP) is 2.45. The smallest absolute Gasteiger partial charge is 0.253 e. The standard InChI is InChI=1S/C19H24N4O2/c1-14-6-4-7-16(12-14)18(24)22-8-5-9-23(11-10-22)19-20-15(2)13-17(21-19)25-3/h4,6-7,12-13H,5,8-11H2,1-3H3. The Morgan fingerprint density at radius 1 is 1.08 bits per heavy atom. The first kappa shape index (κ1) is 17.2. The predicted molar refractivity (Wildman–Crippen MR) is 97.2 cm³/mol. The summed E-state index contributed by atoms with van der Waals surface area (Å²) in [6.45, 7) is 6.87. The number of rotatable bonds is 3. The van der Waals surface area contributed by atoms with Crippen molar-refractivity contribution in [3.05, 3.63) is 47.2 Å². The zero-order chi connectivity index (χ0) is 17.8. The Labute approximate surface area is 148 Å². The fourth-order valence-corrected chi connectivity index (χ4v) is 3.05. The minimum Gasteiger partial charge on any atom is -0.481 e. The van der Waals surface area contributed by atoms with Crippen LogP contribution in [0.3, 0.4) is 0 Å². The average molecular weight is 340 g/mol. The van der Waals surface area contributed by atoms with E-state index in [1.807, 2.05) is 49.1 Å². The molecule has 0 saturated carbocycles. The second kappa shape index (κ2) is 7.51. The molecule has 2 aromatic rings. The highest BCUT2D eigenvalue weighted by atomic mass is 16.5. The maximum atomic E-state index is 12.8. The van der Waals surface area contributed by atoms with Gasteiger partial charge in [0.2, 0.25) is 11.8 Å². The van der Waals surface area contributed by atoms with Gasteiger partial charge in [-0.1, -0.05) is 17.7 Å². The first-order valence-corrected chi connectivity index (χ1v) is 8.57. The third kappa shape index (κ3) is 4.07. The zero-order valence-electron chi connectivity index (χ0n) is 15.0. The highest BCUT2D eigenvalue weighted by Crippen LogP contribution is 2.18. The maximum Gasteiger partial charge on any atom is 0.253 e. The summed E-state index contributed by atoms with van der Waals surface area (Å²) in [5.74, 6) is 1.33. The van der Waals surface area contributed by atoms with Crippen molar-refractivity contribution >= 4 is 11.9 Å². The van der Waals surface area contributed by atoms with E-state index in [0.717, 1.165) is 36.3 Å². The Bertz CT molecular complexity index is 763. The normalized spacial score (nSPS) is 15.0. The molecule has 0 unspecified atom stereocenters. The first-order valence-electron chi connectivity index (χ1n) is 8.57. The van der Waals surface area contributed by atoms with Crippen molar-refractivity contribution < 1.29 is 9.53 Å². The number of carbonyl (C=O) groups excluding carboxylic acids is 1. The van der Waals surface area contributed by atoms with E-state index in [0.29, 0.717) is 24.9 Å². The van der Waals surface area contributed by atoms with Gasteiger partial charge in [-0.25, -0.2) is 4.98 Å². The van der Waals surface area contributed by atoms with Gasteiger partial charge in [0.1, 0.15) is 0 Å². The van der Waals surface area contributed by atoms with Crippen molar-refractivity contribution in [1.82, 2.24) is 14.9 Å². The SMILES string of the molecule is COc1cc(C)nc(N2CCCN(C(=O)c3cccc(C)c3)CC2)n1. The largest absolute Gasteiger partial charge is 0.481 e. The summed E-state index contributed by atoms with van der Waals surface area (Å²) in [6, 6.07) is 9.57. The van der Waals surface area contributed by atoms with Gasteiger partial charge in [0, 0.05) is 43.5 Å². The molecule has 1 fully saturated rings. The van der Waals surface area contributed by atoms with Crippen molar-refractivity contribution in [2.24, 2.45) is 0 Å². The Morgan fingerprint density at radius 3 is 2.68 bits per heavy atom. The van der Waals surface area contributed by atoms with Crippen LogP contribution in [0.25, 0.3) is 0 Å². The van der Waals surface area contributed by atoms with Crippen LogP contribution in [0.1, 0.15) is 28.0 Å². The molecule has 0 bridgehead atoms. The van der Waals surface area contributed by atoms with E-state index in [2.05, 4.69) is 14.9 Å². The lowest BCUT2D eigenvalue weighted by molar-refractivity contribution is 0.0767. The molecule has 1 aromatic heterocycles. The summed E-state index contributed by atoms with van der Waals surface area (Å²) >= 11 is 0. The molecule has 3 rings (SSSR count). The van der Waals surface area contributed by atoms with Crippen molar-refractivity contribution in [3.8, 4) is 5.88 Å². The summed E-state index contributed by atoms with van der Waals surface area (Å²) in [4.78, 5) is 25.8. The number of aromatic nitrogens is 2. The quantitative estimate of drug-likeness (QED) is 0.859. The van der Waals surface area contributed by atoms with Crippen LogP contribution in [0.2, 0.25) is 0 Å². The third-order valence-electron chi connectivity index (χ3n) is 4.36. The number of hydrogen-bond donors (Lipinski definition) is 0. The van der Waals surface area contributed by atoms with Gasteiger partial charge in [0.15, 0.2) is 0 Å². The molecule has 0 radical (unpaired) electrons. The lowest BCUT2D eigenvalue weighted by atomic mass is 10.1. The van der Waals surface area contributed by atoms with Crippen molar-refractivity contribution in [2.75, 3.05) is 38.2 Å². The van der Waals surface area contributed by atoms with Gasteiger partial charge in [-0.05, 0) is 32.4 Å². The molecule has 1 aromatic carbocycles. The number of aryl methyl sites for hydroxylation is 2. The van der Waals surface area contributed by atoms with Crippen LogP contribution in [-0.2, 0) is 0 Å². The average Bonchev–Trinajstić information content (AvgIpc) is 2.86. The van der Waals surface area contributed by atoms with Crippen LogP contribution in [0.15, 0.2) is 30.3 Å². The van der Waals surface area contributed by atoms with Gasteiger partial charge in [-0.3, -0.25) is 4.79 Å². The molecule has 0 N–H and O–H groups in total. The number of benzene rings is 1. The summed E-state index contributed by atoms with van der Waals surface area (Å²) in [5, 5.41) is 0. The number of methoxy groups -OCH3 is 1. The lowest BCUT2D eigenvalue weighted by Crippen LogP contribution is -2.35. The zero-order valence-corrected chi connectivity index (χ0v) is 15.0. The summed E-state index contributed by atoms with van der Waals surface area (Å²) in [6.07, 6.45) is 0.886.